The van der Waals surface area contributed by atoms with Gasteiger partial charge in [0.05, 0.1) is 11.6 Å². The topological polar surface area (TPSA) is 135 Å². The third kappa shape index (κ3) is 5.17. The minimum absolute atomic E-state index is 0.142. The highest BCUT2D eigenvalue weighted by atomic mass is 19.3. The summed E-state index contributed by atoms with van der Waals surface area (Å²) >= 11 is 0. The Morgan fingerprint density at radius 1 is 1.00 bits per heavy atom. The van der Waals surface area contributed by atoms with Gasteiger partial charge in [-0.15, -0.1) is 0 Å². The Bertz CT molecular complexity index is 1470. The lowest BCUT2D eigenvalue weighted by molar-refractivity contribution is -0.158. The van der Waals surface area contributed by atoms with Crippen LogP contribution in [-0.4, -0.2) is 50.6 Å². The fourth-order valence-corrected chi connectivity index (χ4v) is 5.54. The number of halogens is 4. The highest BCUT2D eigenvalue weighted by Crippen LogP contribution is 2.56. The summed E-state index contributed by atoms with van der Waals surface area (Å²) in [4.78, 5) is 41.7. The van der Waals surface area contributed by atoms with Gasteiger partial charge in [0.25, 0.3) is 11.8 Å². The summed E-state index contributed by atoms with van der Waals surface area (Å²) in [5.41, 5.74) is -1.49. The lowest BCUT2D eigenvalue weighted by Crippen LogP contribution is -2.50. The van der Waals surface area contributed by atoms with Crippen LogP contribution in [0.4, 0.5) is 17.6 Å². The van der Waals surface area contributed by atoms with Gasteiger partial charge in [0.1, 0.15) is 11.4 Å². The average Bonchev–Trinajstić information content (AvgIpc) is 3.32. The number of benzene rings is 1. The molecule has 0 atom stereocenters. The molecule has 3 aliphatic carbocycles. The van der Waals surface area contributed by atoms with Gasteiger partial charge in [-0.25, -0.2) is 18.3 Å². The van der Waals surface area contributed by atoms with E-state index in [2.05, 4.69) is 25.5 Å². The molecule has 6 rings (SSSR count). The number of hydrogen-bond acceptors (Lipinski definition) is 6. The van der Waals surface area contributed by atoms with Crippen molar-refractivity contribution in [2.24, 2.45) is 10.8 Å². The van der Waals surface area contributed by atoms with Crippen molar-refractivity contribution in [3.63, 3.8) is 0 Å². The van der Waals surface area contributed by atoms with Gasteiger partial charge < -0.3 is 20.5 Å². The van der Waals surface area contributed by atoms with Gasteiger partial charge >= 0.3 is 12.6 Å². The number of alkyl halides is 2. The number of nitrogens with one attached hydrogen (secondary N) is 2. The number of hydrogen-bond donors (Lipinski definition) is 3. The molecule has 212 valence electrons. The number of amides is 2. The van der Waals surface area contributed by atoms with E-state index in [4.69, 9.17) is 0 Å². The Labute approximate surface area is 224 Å². The maximum atomic E-state index is 14.4. The average molecular weight is 564 g/mol. The molecule has 0 aliphatic heterocycles. The van der Waals surface area contributed by atoms with Crippen molar-refractivity contribution in [2.45, 2.75) is 51.7 Å². The Hall–Kier alpha value is -4.23. The highest BCUT2D eigenvalue weighted by Gasteiger charge is 2.52. The summed E-state index contributed by atoms with van der Waals surface area (Å²) < 4.78 is 58.2. The van der Waals surface area contributed by atoms with Crippen molar-refractivity contribution in [2.75, 3.05) is 6.54 Å². The fourth-order valence-electron chi connectivity index (χ4n) is 5.54. The van der Waals surface area contributed by atoms with Crippen molar-refractivity contribution in [1.82, 2.24) is 25.2 Å². The first kappa shape index (κ1) is 27.3. The molecule has 2 amide bonds. The molecule has 2 bridgehead atoms. The lowest BCUT2D eigenvalue weighted by Gasteiger charge is -2.51. The summed E-state index contributed by atoms with van der Waals surface area (Å²) in [5.74, 6) is -4.76. The van der Waals surface area contributed by atoms with Crippen molar-refractivity contribution in [3.05, 3.63) is 59.0 Å². The molecule has 0 spiro atoms. The predicted octanol–water partition coefficient (Wildman–Crippen LogP) is 3.69. The van der Waals surface area contributed by atoms with Crippen LogP contribution in [0.3, 0.4) is 0 Å². The zero-order valence-electron chi connectivity index (χ0n) is 21.1. The molecule has 3 aliphatic rings. The first-order valence-electron chi connectivity index (χ1n) is 12.6. The van der Waals surface area contributed by atoms with Crippen LogP contribution in [0.15, 0.2) is 30.5 Å². The molecule has 0 unspecified atom stereocenters. The molecule has 3 fully saturated rings. The van der Waals surface area contributed by atoms with E-state index in [0.717, 1.165) is 28.9 Å². The number of ether oxygens (including phenoxy) is 1. The third-order valence-corrected chi connectivity index (χ3v) is 8.04. The maximum Gasteiger partial charge on any atom is 0.387 e. The number of carboxylic acid groups (broad SMARTS) is 1. The number of carbonyl (C=O) groups excluding carboxylic acids is 2. The minimum atomic E-state index is -3.24. The van der Waals surface area contributed by atoms with Crippen molar-refractivity contribution < 1.29 is 41.8 Å². The number of carboxylic acids is 1. The van der Waals surface area contributed by atoms with E-state index in [1.807, 2.05) is 0 Å². The van der Waals surface area contributed by atoms with Gasteiger partial charge in [-0.1, -0.05) is 6.07 Å². The molecule has 3 N–H and O–H groups in total. The normalized spacial score (nSPS) is 21.9. The summed E-state index contributed by atoms with van der Waals surface area (Å²) in [7, 11) is 0. The summed E-state index contributed by atoms with van der Waals surface area (Å²) in [6, 6.07) is 4.32. The Morgan fingerprint density at radius 3 is 2.35 bits per heavy atom. The quantitative estimate of drug-likeness (QED) is 0.338. The summed E-state index contributed by atoms with van der Waals surface area (Å²) in [5, 5.41) is 18.8. The summed E-state index contributed by atoms with van der Waals surface area (Å²) in [6.07, 6.45) is 4.44. The van der Waals surface area contributed by atoms with E-state index in [-0.39, 0.29) is 41.1 Å². The van der Waals surface area contributed by atoms with Crippen molar-refractivity contribution in [3.8, 4) is 5.75 Å². The molecule has 10 nitrogen and oxygen atoms in total. The van der Waals surface area contributed by atoms with E-state index in [1.165, 1.54) is 6.07 Å². The lowest BCUT2D eigenvalue weighted by atomic mass is 9.53. The molecule has 2 heterocycles. The van der Waals surface area contributed by atoms with E-state index < -0.39 is 47.2 Å². The van der Waals surface area contributed by atoms with Crippen LogP contribution in [0.5, 0.6) is 5.75 Å². The van der Waals surface area contributed by atoms with Crippen LogP contribution in [0.2, 0.25) is 0 Å². The second-order valence-corrected chi connectivity index (χ2v) is 10.3. The summed E-state index contributed by atoms with van der Waals surface area (Å²) in [6.45, 7) is -3.18. The minimum Gasteiger partial charge on any atom is -0.481 e. The van der Waals surface area contributed by atoms with Gasteiger partial charge in [0.2, 0.25) is 0 Å². The number of carbonyl (C=O) groups is 3. The molecule has 3 saturated carbocycles. The molecule has 0 radical (unpaired) electrons. The first-order valence-corrected chi connectivity index (χ1v) is 12.6. The van der Waals surface area contributed by atoms with Crippen LogP contribution in [0.25, 0.3) is 5.65 Å². The molecule has 3 aromatic rings. The van der Waals surface area contributed by atoms with E-state index in [9.17, 15) is 37.1 Å². The number of aromatic nitrogens is 3. The monoisotopic (exact) mass is 563 g/mol. The first-order chi connectivity index (χ1) is 19.0. The molecule has 40 heavy (non-hydrogen) atoms. The maximum absolute atomic E-state index is 14.4. The number of aliphatic carboxylic acids is 1. The van der Waals surface area contributed by atoms with Crippen molar-refractivity contribution in [1.29, 1.82) is 0 Å². The van der Waals surface area contributed by atoms with E-state index in [0.29, 0.717) is 38.5 Å². The Kier molecular flexibility index (Phi) is 7.10. The van der Waals surface area contributed by atoms with Gasteiger partial charge in [0.15, 0.2) is 23.0 Å². The fraction of sp³-hybridized carbons (Fsp3) is 0.423. The third-order valence-electron chi connectivity index (χ3n) is 8.04. The Morgan fingerprint density at radius 2 is 1.70 bits per heavy atom. The number of rotatable bonds is 9. The van der Waals surface area contributed by atoms with Crippen LogP contribution in [-0.2, 0) is 11.3 Å². The molecular weight excluding hydrogens is 538 g/mol. The second kappa shape index (κ2) is 10.4. The van der Waals surface area contributed by atoms with Gasteiger partial charge in [-0.05, 0) is 61.6 Å². The van der Waals surface area contributed by atoms with Crippen LogP contribution in [0.1, 0.15) is 65.1 Å². The Balaban J connectivity index is 1.30. The molecule has 14 heteroatoms. The highest BCUT2D eigenvalue weighted by molar-refractivity contribution is 5.98. The molecule has 1 aromatic carbocycles. The van der Waals surface area contributed by atoms with Gasteiger partial charge in [0, 0.05) is 19.2 Å². The molecular formula is C26H25F4N5O5. The zero-order valence-corrected chi connectivity index (χ0v) is 21.1. The van der Waals surface area contributed by atoms with Gasteiger partial charge in [-0.3, -0.25) is 14.4 Å². The molecule has 2 aromatic heterocycles. The SMILES string of the molecule is O=C(NCc1ccc(F)c(OC(F)F)c1)c1cc(C(=O)NCC23CCC(C(=O)O)(CC2)CC3)n2ncc(F)c2n1. The smallest absolute Gasteiger partial charge is 0.387 e. The van der Waals surface area contributed by atoms with Crippen LogP contribution >= 0.6 is 0 Å². The van der Waals surface area contributed by atoms with E-state index in [1.54, 1.807) is 0 Å². The zero-order chi connectivity index (χ0) is 28.7. The van der Waals surface area contributed by atoms with Crippen LogP contribution < -0.4 is 15.4 Å². The molecule has 0 saturated heterocycles. The van der Waals surface area contributed by atoms with E-state index >= 15 is 0 Å². The number of nitrogens with zero attached hydrogens (tertiary/aromatic N) is 3. The van der Waals surface area contributed by atoms with Gasteiger partial charge in [-0.2, -0.15) is 13.9 Å². The second-order valence-electron chi connectivity index (χ2n) is 10.3. The van der Waals surface area contributed by atoms with Crippen LogP contribution in [0, 0.1) is 22.5 Å². The predicted molar refractivity (Wildman–Crippen MR) is 130 cm³/mol. The standard InChI is InChI=1S/C26H25F4N5O5/c27-15-2-1-14(9-19(15)40-24(29)30)11-31-21(36)17-10-18(35-20(34-17)16(28)12-33-35)22(37)32-13-25-3-6-26(7-4-25,8-5-25)23(38)39/h1-2,9-10,12,24H,3-8,11,13H2,(H,31,36)(H,32,37)(H,38,39). The van der Waals surface area contributed by atoms with Crippen molar-refractivity contribution >= 4 is 23.4 Å². The largest absolute Gasteiger partial charge is 0.481 e. The number of fused-ring (bicyclic) bond motifs is 4.